The van der Waals surface area contributed by atoms with E-state index in [-0.39, 0.29) is 22.7 Å². The third kappa shape index (κ3) is 7.86. The minimum atomic E-state index is 0.232. The van der Waals surface area contributed by atoms with Gasteiger partial charge in [-0.1, -0.05) is 24.3 Å². The molecular weight excluding hydrogens is 812 g/mol. The second-order valence-corrected chi connectivity index (χ2v) is 22.0. The molecule has 10 nitrogen and oxygen atoms in total. The number of imidazole rings is 2. The second-order valence-electron chi connectivity index (χ2n) is 21.4. The standard InChI is InChI=1S/2C25H30ClN5/c2*1-15(2)31-14-27-21-22(29-24(26)30-23(21)31)28-20-5-3-16(4-6-20)10-25-11-17-7-18(12-25)9-19(8-17)13-25/h2*3-6,14-15,17-19H,7-13H2,1-2H3,(H,28,29,30). The van der Waals surface area contributed by atoms with E-state index in [4.69, 9.17) is 23.2 Å². The Bertz CT molecular complexity index is 2340. The largest absolute Gasteiger partial charge is 0.338 e. The summed E-state index contributed by atoms with van der Waals surface area (Å²) in [6.07, 6.45) is 23.8. The molecule has 14 rings (SSSR count). The highest BCUT2D eigenvalue weighted by Gasteiger charge is 2.51. The van der Waals surface area contributed by atoms with Gasteiger partial charge in [0.25, 0.3) is 0 Å². The van der Waals surface area contributed by atoms with Crippen LogP contribution < -0.4 is 10.6 Å². The second kappa shape index (κ2) is 15.8. The van der Waals surface area contributed by atoms with Crippen LogP contribution in [0.1, 0.15) is 128 Å². The van der Waals surface area contributed by atoms with Gasteiger partial charge in [-0.05, 0) is 223 Å². The summed E-state index contributed by atoms with van der Waals surface area (Å²) >= 11 is 12.4. The summed E-state index contributed by atoms with van der Waals surface area (Å²) in [6.45, 7) is 8.42. The van der Waals surface area contributed by atoms with Crippen molar-refractivity contribution in [3.8, 4) is 0 Å². The number of rotatable bonds is 10. The zero-order chi connectivity index (χ0) is 42.3. The van der Waals surface area contributed by atoms with Gasteiger partial charge < -0.3 is 19.8 Å². The van der Waals surface area contributed by atoms with Crippen molar-refractivity contribution in [2.75, 3.05) is 10.6 Å². The highest BCUT2D eigenvalue weighted by Crippen LogP contribution is 2.62. The topological polar surface area (TPSA) is 111 Å². The van der Waals surface area contributed by atoms with Crippen LogP contribution in [0.4, 0.5) is 23.0 Å². The molecule has 0 unspecified atom stereocenters. The number of aromatic nitrogens is 8. The molecule has 0 amide bonds. The molecule has 0 radical (unpaired) electrons. The summed E-state index contributed by atoms with van der Waals surface area (Å²) in [5.74, 6) is 7.33. The summed E-state index contributed by atoms with van der Waals surface area (Å²) < 4.78 is 4.03. The van der Waals surface area contributed by atoms with Crippen LogP contribution in [0.15, 0.2) is 61.2 Å². The van der Waals surface area contributed by atoms with Crippen molar-refractivity contribution in [1.29, 1.82) is 0 Å². The molecule has 62 heavy (non-hydrogen) atoms. The fraction of sp³-hybridized carbons (Fsp3) is 0.560. The van der Waals surface area contributed by atoms with E-state index in [1.54, 1.807) is 12.7 Å². The Morgan fingerprint density at radius 3 is 1.15 bits per heavy atom. The number of anilines is 4. The fourth-order valence-corrected chi connectivity index (χ4v) is 14.6. The Kier molecular flexibility index (Phi) is 10.3. The summed E-state index contributed by atoms with van der Waals surface area (Å²) in [4.78, 5) is 26.7. The van der Waals surface area contributed by atoms with Crippen molar-refractivity contribution in [3.05, 3.63) is 82.9 Å². The van der Waals surface area contributed by atoms with E-state index in [1.807, 2.05) is 9.13 Å². The third-order valence-electron chi connectivity index (χ3n) is 15.8. The maximum Gasteiger partial charge on any atom is 0.226 e. The average Bonchev–Trinajstić information content (AvgIpc) is 3.84. The van der Waals surface area contributed by atoms with Gasteiger partial charge in [0.15, 0.2) is 34.0 Å². The van der Waals surface area contributed by atoms with Crippen LogP contribution in [-0.2, 0) is 12.8 Å². The first-order chi connectivity index (χ1) is 29.9. The number of hydrogen-bond donors (Lipinski definition) is 2. The molecule has 0 spiro atoms. The van der Waals surface area contributed by atoms with Gasteiger partial charge in [0.05, 0.1) is 12.7 Å². The number of nitrogens with one attached hydrogen (secondary N) is 2. The molecule has 2 aromatic carbocycles. The first-order valence-corrected chi connectivity index (χ1v) is 24.2. The van der Waals surface area contributed by atoms with Crippen molar-refractivity contribution in [3.63, 3.8) is 0 Å². The van der Waals surface area contributed by atoms with E-state index < -0.39 is 0 Å². The maximum absolute atomic E-state index is 6.22. The molecule has 4 heterocycles. The Morgan fingerprint density at radius 2 is 0.839 bits per heavy atom. The zero-order valence-electron chi connectivity index (χ0n) is 36.6. The van der Waals surface area contributed by atoms with Crippen LogP contribution in [-0.4, -0.2) is 39.0 Å². The Hall–Kier alpha value is -4.28. The van der Waals surface area contributed by atoms with E-state index >= 15 is 0 Å². The smallest absolute Gasteiger partial charge is 0.226 e. The van der Waals surface area contributed by atoms with E-state index in [1.165, 1.54) is 101 Å². The van der Waals surface area contributed by atoms with E-state index in [0.717, 1.165) is 69.2 Å². The molecule has 8 fully saturated rings. The fourth-order valence-electron chi connectivity index (χ4n) is 14.3. The van der Waals surface area contributed by atoms with Crippen LogP contribution in [0.3, 0.4) is 0 Å². The first-order valence-electron chi connectivity index (χ1n) is 23.4. The van der Waals surface area contributed by atoms with Crippen molar-refractivity contribution in [2.24, 2.45) is 46.3 Å². The zero-order valence-corrected chi connectivity index (χ0v) is 38.1. The number of benzene rings is 2. The molecular formula is C50H60Cl2N10. The van der Waals surface area contributed by atoms with Crippen LogP contribution in [0, 0.1) is 46.3 Å². The van der Waals surface area contributed by atoms with Gasteiger partial charge in [0, 0.05) is 23.5 Å². The minimum absolute atomic E-state index is 0.232. The van der Waals surface area contributed by atoms with Gasteiger partial charge in [0.2, 0.25) is 10.6 Å². The highest BCUT2D eigenvalue weighted by molar-refractivity contribution is 6.29. The molecule has 8 aliphatic carbocycles. The lowest BCUT2D eigenvalue weighted by molar-refractivity contribution is -0.0523. The molecule has 8 saturated carbocycles. The monoisotopic (exact) mass is 870 g/mol. The van der Waals surface area contributed by atoms with Gasteiger partial charge in [-0.2, -0.15) is 19.9 Å². The van der Waals surface area contributed by atoms with Gasteiger partial charge in [-0.3, -0.25) is 0 Å². The Labute approximate surface area is 375 Å². The SMILES string of the molecule is CC(C)n1cnc2c(Nc3ccc(CC45CC6CC(CC(C6)C4)C5)cc3)nc(Cl)nc21.CC(C)n1cnc2c(Nc3ccc(CC45CC6CC(CC(C6)C4)C5)cc3)nc(Cl)nc21. The molecule has 324 valence electrons. The van der Waals surface area contributed by atoms with E-state index in [0.29, 0.717) is 22.5 Å². The molecule has 0 aliphatic heterocycles. The van der Waals surface area contributed by atoms with E-state index in [9.17, 15) is 0 Å². The summed E-state index contributed by atoms with van der Waals surface area (Å²) in [7, 11) is 0. The molecule has 8 bridgehead atoms. The predicted octanol–water partition coefficient (Wildman–Crippen LogP) is 13.1. The molecule has 2 N–H and O–H groups in total. The third-order valence-corrected chi connectivity index (χ3v) is 16.2. The Morgan fingerprint density at radius 1 is 0.516 bits per heavy atom. The quantitative estimate of drug-likeness (QED) is 0.131. The number of fused-ring (bicyclic) bond motifs is 2. The predicted molar refractivity (Wildman–Crippen MR) is 250 cm³/mol. The maximum atomic E-state index is 6.22. The molecule has 0 saturated heterocycles. The van der Waals surface area contributed by atoms with Gasteiger partial charge in [-0.15, -0.1) is 0 Å². The Balaban J connectivity index is 0.000000139. The summed E-state index contributed by atoms with van der Waals surface area (Å²) in [5, 5.41) is 7.30. The van der Waals surface area contributed by atoms with Gasteiger partial charge in [-0.25, -0.2) is 9.97 Å². The van der Waals surface area contributed by atoms with E-state index in [2.05, 4.69) is 117 Å². The normalized spacial score (nSPS) is 29.2. The summed E-state index contributed by atoms with van der Waals surface area (Å²) in [5.41, 5.74) is 9.08. The van der Waals surface area contributed by atoms with Crippen molar-refractivity contribution in [1.82, 2.24) is 39.0 Å². The van der Waals surface area contributed by atoms with Crippen LogP contribution >= 0.6 is 23.2 Å². The molecule has 0 atom stereocenters. The van der Waals surface area contributed by atoms with Gasteiger partial charge >= 0.3 is 0 Å². The average molecular weight is 872 g/mol. The number of hydrogen-bond acceptors (Lipinski definition) is 8. The van der Waals surface area contributed by atoms with Crippen molar-refractivity contribution < 1.29 is 0 Å². The molecule has 4 aromatic heterocycles. The van der Waals surface area contributed by atoms with Crippen molar-refractivity contribution in [2.45, 2.75) is 130 Å². The van der Waals surface area contributed by atoms with Gasteiger partial charge in [0.1, 0.15) is 0 Å². The van der Waals surface area contributed by atoms with Crippen LogP contribution in [0.25, 0.3) is 22.3 Å². The lowest BCUT2D eigenvalue weighted by atomic mass is 9.48. The lowest BCUT2D eigenvalue weighted by Gasteiger charge is -2.57. The van der Waals surface area contributed by atoms with Crippen LogP contribution in [0.5, 0.6) is 0 Å². The molecule has 8 aliphatic rings. The molecule has 6 aromatic rings. The number of nitrogens with zero attached hydrogens (tertiary/aromatic N) is 8. The van der Waals surface area contributed by atoms with Crippen LogP contribution in [0.2, 0.25) is 10.6 Å². The minimum Gasteiger partial charge on any atom is -0.338 e. The van der Waals surface area contributed by atoms with Crippen molar-refractivity contribution >= 4 is 68.5 Å². The highest BCUT2D eigenvalue weighted by atomic mass is 35.5. The number of halogens is 2. The summed E-state index contributed by atoms with van der Waals surface area (Å²) in [6, 6.07) is 18.3. The lowest BCUT2D eigenvalue weighted by Crippen LogP contribution is -2.47. The first kappa shape index (κ1) is 40.5. The molecule has 12 heteroatoms.